The highest BCUT2D eigenvalue weighted by Gasteiger charge is 2.51. The van der Waals surface area contributed by atoms with Crippen LogP contribution in [0.15, 0.2) is 48.1 Å². The molecule has 0 spiro atoms. The van der Waals surface area contributed by atoms with Gasteiger partial charge in [-0.05, 0) is 24.7 Å². The van der Waals surface area contributed by atoms with Gasteiger partial charge in [-0.15, -0.1) is 0 Å². The number of aliphatic imine (C=N–C) groups is 1. The summed E-state index contributed by atoms with van der Waals surface area (Å²) in [5.41, 5.74) is 0.736. The van der Waals surface area contributed by atoms with Crippen LogP contribution >= 0.6 is 11.8 Å². The maximum Gasteiger partial charge on any atom is 0.236 e. The number of amidine groups is 1. The predicted octanol–water partition coefficient (Wildman–Crippen LogP) is 2.70. The van der Waals surface area contributed by atoms with E-state index in [4.69, 9.17) is 0 Å². The maximum absolute atomic E-state index is 12.3. The molecule has 1 amide bonds. The first-order valence-electron chi connectivity index (χ1n) is 5.82. The Hall–Kier alpha value is -1.55. The summed E-state index contributed by atoms with van der Waals surface area (Å²) in [6, 6.07) is 9.92. The van der Waals surface area contributed by atoms with E-state index in [-0.39, 0.29) is 11.3 Å². The van der Waals surface area contributed by atoms with Gasteiger partial charge in [0, 0.05) is 6.20 Å². The molecule has 3 nitrogen and oxygen atoms in total. The number of nitrogens with one attached hydrogen (secondary N) is 1. The molecule has 0 aromatic heterocycles. The Kier molecular flexibility index (Phi) is 3.87. The van der Waals surface area contributed by atoms with E-state index in [0.717, 1.165) is 18.4 Å². The molecule has 1 aliphatic rings. The minimum Gasteiger partial charge on any atom is -0.304 e. The van der Waals surface area contributed by atoms with Crippen LogP contribution in [0.5, 0.6) is 0 Å². The summed E-state index contributed by atoms with van der Waals surface area (Å²) in [5, 5.41) is 3.47. The van der Waals surface area contributed by atoms with Crippen molar-refractivity contribution in [1.29, 1.82) is 0 Å². The highest BCUT2D eigenvalue weighted by Crippen LogP contribution is 2.48. The normalized spacial score (nSPS) is 17.1. The van der Waals surface area contributed by atoms with Gasteiger partial charge in [-0.1, -0.05) is 48.7 Å². The summed E-state index contributed by atoms with van der Waals surface area (Å²) >= 11 is 1.41. The fraction of sp³-hybridized carbons (Fsp3) is 0.286. The van der Waals surface area contributed by atoms with Crippen molar-refractivity contribution in [2.75, 3.05) is 6.26 Å². The van der Waals surface area contributed by atoms with Crippen molar-refractivity contribution in [3.05, 3.63) is 48.7 Å². The number of amides is 1. The Morgan fingerprint density at radius 2 is 2.11 bits per heavy atom. The van der Waals surface area contributed by atoms with Crippen LogP contribution in [0, 0.1) is 0 Å². The molecule has 0 unspecified atom stereocenters. The number of hydrogen-bond acceptors (Lipinski definition) is 3. The Morgan fingerprint density at radius 1 is 1.44 bits per heavy atom. The maximum atomic E-state index is 12.3. The Bertz CT molecular complexity index is 478. The molecule has 1 aromatic carbocycles. The second kappa shape index (κ2) is 5.40. The molecule has 0 radical (unpaired) electrons. The van der Waals surface area contributed by atoms with E-state index in [0.29, 0.717) is 5.17 Å². The molecule has 18 heavy (non-hydrogen) atoms. The van der Waals surface area contributed by atoms with E-state index in [1.165, 1.54) is 18.0 Å². The van der Waals surface area contributed by atoms with Crippen LogP contribution in [0.3, 0.4) is 0 Å². The average molecular weight is 260 g/mol. The Labute approximate surface area is 111 Å². The van der Waals surface area contributed by atoms with E-state index in [1.54, 1.807) is 0 Å². The topological polar surface area (TPSA) is 41.5 Å². The zero-order valence-corrected chi connectivity index (χ0v) is 11.2. The Balaban J connectivity index is 2.15. The van der Waals surface area contributed by atoms with Crippen molar-refractivity contribution >= 4 is 22.8 Å². The number of carbonyl (C=O) groups is 1. The summed E-state index contributed by atoms with van der Waals surface area (Å²) in [6.45, 7) is 3.54. The van der Waals surface area contributed by atoms with Crippen LogP contribution in [0.25, 0.3) is 0 Å². The van der Waals surface area contributed by atoms with Crippen LogP contribution < -0.4 is 5.32 Å². The summed E-state index contributed by atoms with van der Waals surface area (Å²) < 4.78 is 0. The van der Waals surface area contributed by atoms with Gasteiger partial charge in [-0.2, -0.15) is 0 Å². The van der Waals surface area contributed by atoms with Crippen LogP contribution in [0.4, 0.5) is 0 Å². The minimum absolute atomic E-state index is 0.0312. The molecule has 4 heteroatoms. The van der Waals surface area contributed by atoms with Gasteiger partial charge in [0.05, 0.1) is 5.41 Å². The van der Waals surface area contributed by atoms with Crippen LogP contribution in [0.1, 0.15) is 18.4 Å². The zero-order valence-electron chi connectivity index (χ0n) is 10.3. The molecule has 1 aliphatic carbocycles. The first-order chi connectivity index (χ1) is 8.73. The lowest BCUT2D eigenvalue weighted by Crippen LogP contribution is -2.37. The molecular weight excluding hydrogens is 244 g/mol. The molecular formula is C14H16N2OS. The fourth-order valence-electron chi connectivity index (χ4n) is 1.96. The van der Waals surface area contributed by atoms with E-state index in [9.17, 15) is 4.79 Å². The van der Waals surface area contributed by atoms with Gasteiger partial charge in [-0.25, -0.2) is 4.99 Å². The molecule has 0 heterocycles. The second-order valence-corrected chi connectivity index (χ2v) is 5.02. The quantitative estimate of drug-likeness (QED) is 0.670. The highest BCUT2D eigenvalue weighted by molar-refractivity contribution is 8.13. The lowest BCUT2D eigenvalue weighted by molar-refractivity contribution is -0.122. The third kappa shape index (κ3) is 2.48. The molecule has 1 saturated carbocycles. The van der Waals surface area contributed by atoms with Crippen molar-refractivity contribution in [3.63, 3.8) is 0 Å². The van der Waals surface area contributed by atoms with Crippen LogP contribution in [0.2, 0.25) is 0 Å². The van der Waals surface area contributed by atoms with Gasteiger partial charge < -0.3 is 5.32 Å². The summed E-state index contributed by atoms with van der Waals surface area (Å²) in [5.74, 6) is 0.0312. The van der Waals surface area contributed by atoms with E-state index >= 15 is 0 Å². The van der Waals surface area contributed by atoms with E-state index < -0.39 is 0 Å². The molecule has 0 bridgehead atoms. The fourth-order valence-corrected chi connectivity index (χ4v) is 2.34. The van der Waals surface area contributed by atoms with Crippen molar-refractivity contribution in [2.45, 2.75) is 18.3 Å². The number of benzene rings is 1. The molecule has 1 fully saturated rings. The minimum atomic E-state index is -0.348. The molecule has 0 atom stereocenters. The number of carbonyl (C=O) groups excluding carboxylic acids is 1. The lowest BCUT2D eigenvalue weighted by Gasteiger charge is -2.15. The number of rotatable bonds is 3. The van der Waals surface area contributed by atoms with Gasteiger partial charge in [0.25, 0.3) is 0 Å². The van der Waals surface area contributed by atoms with E-state index in [2.05, 4.69) is 16.9 Å². The average Bonchev–Trinajstić information content (AvgIpc) is 3.20. The predicted molar refractivity (Wildman–Crippen MR) is 76.6 cm³/mol. The second-order valence-electron chi connectivity index (χ2n) is 4.22. The monoisotopic (exact) mass is 260 g/mol. The molecule has 0 aliphatic heterocycles. The van der Waals surface area contributed by atoms with Crippen LogP contribution in [-0.4, -0.2) is 17.3 Å². The molecule has 2 rings (SSSR count). The third-order valence-corrected chi connectivity index (χ3v) is 3.73. The summed E-state index contributed by atoms with van der Waals surface area (Å²) in [7, 11) is 0. The number of nitrogens with zero attached hydrogens (tertiary/aromatic N) is 1. The van der Waals surface area contributed by atoms with Gasteiger partial charge >= 0.3 is 0 Å². The molecule has 0 saturated heterocycles. The van der Waals surface area contributed by atoms with E-state index in [1.807, 2.05) is 36.6 Å². The number of thioether (sulfide) groups is 1. The van der Waals surface area contributed by atoms with Crippen molar-refractivity contribution in [1.82, 2.24) is 5.32 Å². The van der Waals surface area contributed by atoms with Gasteiger partial charge in [0.15, 0.2) is 5.17 Å². The SMILES string of the molecule is C=CN=C(NC(=O)C1(c2ccccc2)CC1)SC. The molecule has 1 N–H and O–H groups in total. The molecule has 1 aromatic rings. The third-order valence-electron chi connectivity index (χ3n) is 3.13. The zero-order chi connectivity index (χ0) is 13.0. The Morgan fingerprint density at radius 3 is 2.61 bits per heavy atom. The van der Waals surface area contributed by atoms with Gasteiger partial charge in [0.2, 0.25) is 5.91 Å². The number of hydrogen-bond donors (Lipinski definition) is 1. The first-order valence-corrected chi connectivity index (χ1v) is 7.05. The summed E-state index contributed by atoms with van der Waals surface area (Å²) in [6.07, 6.45) is 5.12. The van der Waals surface area contributed by atoms with Crippen molar-refractivity contribution in [3.8, 4) is 0 Å². The first kappa shape index (κ1) is 12.9. The standard InChI is InChI=1S/C14H16N2OS/c1-3-15-13(18-2)16-12(17)14(9-10-14)11-7-5-4-6-8-11/h3-8H,1,9-10H2,2H3,(H,15,16,17). The smallest absolute Gasteiger partial charge is 0.236 e. The highest BCUT2D eigenvalue weighted by atomic mass is 32.2. The van der Waals surface area contributed by atoms with Crippen molar-refractivity contribution < 1.29 is 4.79 Å². The van der Waals surface area contributed by atoms with Crippen molar-refractivity contribution in [2.24, 2.45) is 4.99 Å². The molecule has 94 valence electrons. The van der Waals surface area contributed by atoms with Crippen LogP contribution in [-0.2, 0) is 10.2 Å². The van der Waals surface area contributed by atoms with Gasteiger partial charge in [0.1, 0.15) is 0 Å². The largest absolute Gasteiger partial charge is 0.304 e. The summed E-state index contributed by atoms with van der Waals surface area (Å²) in [4.78, 5) is 16.4. The lowest BCUT2D eigenvalue weighted by atomic mass is 9.95. The van der Waals surface area contributed by atoms with Gasteiger partial charge in [-0.3, -0.25) is 4.79 Å².